The van der Waals surface area contributed by atoms with Gasteiger partial charge in [-0.05, 0) is 24.0 Å². The third-order valence-electron chi connectivity index (χ3n) is 3.12. The summed E-state index contributed by atoms with van der Waals surface area (Å²) in [7, 11) is -1.46. The van der Waals surface area contributed by atoms with Crippen molar-refractivity contribution in [3.63, 3.8) is 0 Å². The molecular weight excluding hydrogens is 241 g/mol. The highest BCUT2D eigenvalue weighted by molar-refractivity contribution is 6.58. The fourth-order valence-corrected chi connectivity index (χ4v) is 1.95. The fraction of sp³-hybridized carbons (Fsp3) is 0.571. The van der Waals surface area contributed by atoms with Crippen molar-refractivity contribution in [2.75, 3.05) is 11.9 Å². The lowest BCUT2D eigenvalue weighted by atomic mass is 9.80. The molecule has 4 N–H and O–H groups in total. The van der Waals surface area contributed by atoms with Gasteiger partial charge in [-0.15, -0.1) is 0 Å². The summed E-state index contributed by atoms with van der Waals surface area (Å²) in [5.74, 6) is 0. The Hall–Kier alpha value is -1.04. The van der Waals surface area contributed by atoms with E-state index in [1.54, 1.807) is 18.2 Å². The van der Waals surface area contributed by atoms with E-state index in [1.165, 1.54) is 19.3 Å². The van der Waals surface area contributed by atoms with E-state index in [4.69, 9.17) is 10.0 Å². The number of rotatable bonds is 9. The maximum atomic E-state index is 9.83. The van der Waals surface area contributed by atoms with Gasteiger partial charge in [0.1, 0.15) is 0 Å². The van der Waals surface area contributed by atoms with Crippen molar-refractivity contribution in [2.24, 2.45) is 0 Å². The van der Waals surface area contributed by atoms with Gasteiger partial charge >= 0.3 is 7.12 Å². The predicted octanol–water partition coefficient (Wildman–Crippen LogP) is 1.11. The molecule has 1 atom stereocenters. The highest BCUT2D eigenvalue weighted by Crippen LogP contribution is 2.08. The molecule has 0 aliphatic rings. The van der Waals surface area contributed by atoms with Gasteiger partial charge in [0, 0.05) is 12.2 Å². The van der Waals surface area contributed by atoms with Crippen LogP contribution in [-0.4, -0.2) is 34.9 Å². The van der Waals surface area contributed by atoms with E-state index in [2.05, 4.69) is 12.2 Å². The van der Waals surface area contributed by atoms with Gasteiger partial charge in [-0.25, -0.2) is 0 Å². The minimum Gasteiger partial charge on any atom is -0.423 e. The maximum Gasteiger partial charge on any atom is 0.488 e. The summed E-state index contributed by atoms with van der Waals surface area (Å²) < 4.78 is 0. The molecule has 0 amide bonds. The van der Waals surface area contributed by atoms with E-state index >= 15 is 0 Å². The molecule has 0 radical (unpaired) electrons. The Labute approximate surface area is 115 Å². The summed E-state index contributed by atoms with van der Waals surface area (Å²) in [4.78, 5) is 0. The number of benzene rings is 1. The van der Waals surface area contributed by atoms with Gasteiger partial charge in [0.05, 0.1) is 6.10 Å². The second kappa shape index (κ2) is 8.96. The van der Waals surface area contributed by atoms with E-state index in [9.17, 15) is 5.11 Å². The molecule has 106 valence electrons. The number of aliphatic hydroxyl groups excluding tert-OH is 1. The summed E-state index contributed by atoms with van der Waals surface area (Å²) in [6, 6.07) is 6.92. The van der Waals surface area contributed by atoms with Crippen molar-refractivity contribution < 1.29 is 15.2 Å². The quantitative estimate of drug-likeness (QED) is 0.398. The van der Waals surface area contributed by atoms with Crippen LogP contribution in [0.3, 0.4) is 0 Å². The summed E-state index contributed by atoms with van der Waals surface area (Å²) in [6.07, 6.45) is 5.07. The molecule has 0 aliphatic carbocycles. The molecule has 0 aliphatic heterocycles. The van der Waals surface area contributed by atoms with E-state index in [-0.39, 0.29) is 6.10 Å². The monoisotopic (exact) mass is 265 g/mol. The Morgan fingerprint density at radius 2 is 2.00 bits per heavy atom. The maximum absolute atomic E-state index is 9.83. The van der Waals surface area contributed by atoms with Gasteiger partial charge in [-0.3, -0.25) is 0 Å². The largest absolute Gasteiger partial charge is 0.488 e. The lowest BCUT2D eigenvalue weighted by Crippen LogP contribution is -2.30. The number of unbranched alkanes of at least 4 members (excludes halogenated alkanes) is 3. The minimum atomic E-state index is -1.46. The zero-order valence-corrected chi connectivity index (χ0v) is 11.5. The van der Waals surface area contributed by atoms with E-state index < -0.39 is 7.12 Å². The van der Waals surface area contributed by atoms with Crippen LogP contribution in [0.15, 0.2) is 24.3 Å². The SMILES string of the molecule is CCCCCCC(O)CNc1cccc(B(O)O)c1. The Balaban J connectivity index is 2.29. The molecule has 19 heavy (non-hydrogen) atoms. The third kappa shape index (κ3) is 6.62. The first-order chi connectivity index (χ1) is 9.13. The topological polar surface area (TPSA) is 72.7 Å². The first-order valence-electron chi connectivity index (χ1n) is 7.01. The molecule has 0 aromatic heterocycles. The van der Waals surface area contributed by atoms with Crippen LogP contribution >= 0.6 is 0 Å². The van der Waals surface area contributed by atoms with Crippen LogP contribution < -0.4 is 10.8 Å². The smallest absolute Gasteiger partial charge is 0.423 e. The molecule has 0 bridgehead atoms. The molecule has 0 fully saturated rings. The van der Waals surface area contributed by atoms with Gasteiger partial charge < -0.3 is 20.5 Å². The van der Waals surface area contributed by atoms with Gasteiger partial charge in [-0.2, -0.15) is 0 Å². The molecule has 0 spiro atoms. The van der Waals surface area contributed by atoms with Crippen LogP contribution in [-0.2, 0) is 0 Å². The van der Waals surface area contributed by atoms with Crippen molar-refractivity contribution in [1.29, 1.82) is 0 Å². The number of hydrogen-bond acceptors (Lipinski definition) is 4. The first-order valence-corrected chi connectivity index (χ1v) is 7.01. The number of aliphatic hydroxyl groups is 1. The molecule has 4 nitrogen and oxygen atoms in total. The Kier molecular flexibility index (Phi) is 7.56. The highest BCUT2D eigenvalue weighted by atomic mass is 16.4. The lowest BCUT2D eigenvalue weighted by Gasteiger charge is -2.13. The van der Waals surface area contributed by atoms with Crippen LogP contribution in [0.2, 0.25) is 0 Å². The number of hydrogen-bond donors (Lipinski definition) is 4. The van der Waals surface area contributed by atoms with Crippen molar-refractivity contribution in [1.82, 2.24) is 0 Å². The molecule has 1 aromatic carbocycles. The standard InChI is InChI=1S/C14H24BNO3/c1-2-3-4-5-9-14(17)11-16-13-8-6-7-12(10-13)15(18)19/h6-8,10,14,16-19H,2-5,9,11H2,1H3. The van der Waals surface area contributed by atoms with Gasteiger partial charge in [0.2, 0.25) is 0 Å². The second-order valence-corrected chi connectivity index (χ2v) is 4.88. The van der Waals surface area contributed by atoms with Crippen molar-refractivity contribution in [2.45, 2.75) is 45.1 Å². The van der Waals surface area contributed by atoms with E-state index in [1.807, 2.05) is 6.07 Å². The molecular formula is C14H24BNO3. The summed E-state index contributed by atoms with van der Waals surface area (Å²) in [6.45, 7) is 2.65. The van der Waals surface area contributed by atoms with Gasteiger partial charge in [-0.1, -0.05) is 44.7 Å². The summed E-state index contributed by atoms with van der Waals surface area (Å²) >= 11 is 0. The average molecular weight is 265 g/mol. The average Bonchev–Trinajstić information content (AvgIpc) is 2.41. The van der Waals surface area contributed by atoms with Crippen molar-refractivity contribution in [3.05, 3.63) is 24.3 Å². The minimum absolute atomic E-state index is 0.362. The number of nitrogens with one attached hydrogen (secondary N) is 1. The van der Waals surface area contributed by atoms with Crippen LogP contribution in [0.1, 0.15) is 39.0 Å². The van der Waals surface area contributed by atoms with Crippen LogP contribution in [0.4, 0.5) is 5.69 Å². The molecule has 1 aromatic rings. The van der Waals surface area contributed by atoms with Crippen LogP contribution in [0.25, 0.3) is 0 Å². The van der Waals surface area contributed by atoms with Crippen LogP contribution in [0.5, 0.6) is 0 Å². The lowest BCUT2D eigenvalue weighted by molar-refractivity contribution is 0.173. The first kappa shape index (κ1) is 16.0. The van der Waals surface area contributed by atoms with Crippen LogP contribution in [0, 0.1) is 0 Å². The molecule has 1 rings (SSSR count). The normalized spacial score (nSPS) is 12.2. The van der Waals surface area contributed by atoms with E-state index in [0.717, 1.165) is 18.5 Å². The molecule has 0 saturated heterocycles. The Morgan fingerprint density at radius 1 is 1.21 bits per heavy atom. The predicted molar refractivity (Wildman–Crippen MR) is 79.5 cm³/mol. The number of anilines is 1. The van der Waals surface area contributed by atoms with Crippen molar-refractivity contribution >= 4 is 18.3 Å². The molecule has 5 heteroatoms. The molecule has 0 saturated carbocycles. The Morgan fingerprint density at radius 3 is 2.68 bits per heavy atom. The zero-order chi connectivity index (χ0) is 14.1. The third-order valence-corrected chi connectivity index (χ3v) is 3.12. The van der Waals surface area contributed by atoms with Gasteiger partial charge in [0.15, 0.2) is 0 Å². The second-order valence-electron chi connectivity index (χ2n) is 4.88. The van der Waals surface area contributed by atoms with Crippen molar-refractivity contribution in [3.8, 4) is 0 Å². The molecule has 0 heterocycles. The summed E-state index contributed by atoms with van der Waals surface area (Å²) in [5.41, 5.74) is 1.24. The molecule has 1 unspecified atom stereocenters. The van der Waals surface area contributed by atoms with Gasteiger partial charge in [0.25, 0.3) is 0 Å². The summed E-state index contributed by atoms with van der Waals surface area (Å²) in [5, 5.41) is 31.1. The fourth-order valence-electron chi connectivity index (χ4n) is 1.95. The zero-order valence-electron chi connectivity index (χ0n) is 11.5. The Bertz CT molecular complexity index is 360. The highest BCUT2D eigenvalue weighted by Gasteiger charge is 2.11. The van der Waals surface area contributed by atoms with E-state index in [0.29, 0.717) is 12.0 Å².